The molecule has 0 aliphatic rings. The highest BCUT2D eigenvalue weighted by Crippen LogP contribution is 2.31. The molecule has 1 heterocycles. The first kappa shape index (κ1) is 19.0. The number of aromatic nitrogens is 1. The maximum atomic E-state index is 12.1. The third kappa shape index (κ3) is 4.60. The molecule has 0 unspecified atom stereocenters. The van der Waals surface area contributed by atoms with Gasteiger partial charge < -0.3 is 10.1 Å². The molecule has 0 saturated carbocycles. The summed E-state index contributed by atoms with van der Waals surface area (Å²) in [5, 5.41) is 11.3. The first-order chi connectivity index (χ1) is 11.8. The predicted molar refractivity (Wildman–Crippen MR) is 93.9 cm³/mol. The average molecular weight is 399 g/mol. The Morgan fingerprint density at radius 2 is 2.00 bits per heavy atom. The number of pyridine rings is 1. The van der Waals surface area contributed by atoms with E-state index in [9.17, 15) is 9.59 Å². The highest BCUT2D eigenvalue weighted by Gasteiger charge is 2.23. The van der Waals surface area contributed by atoms with Crippen LogP contribution in [0, 0.1) is 11.3 Å². The van der Waals surface area contributed by atoms with Crippen molar-refractivity contribution in [3.63, 3.8) is 0 Å². The summed E-state index contributed by atoms with van der Waals surface area (Å²) in [6.07, 6.45) is 0.0235. The highest BCUT2D eigenvalue weighted by molar-refractivity contribution is 6.48. The number of nitrogens with one attached hydrogen (secondary N) is 1. The molecule has 0 bridgehead atoms. The van der Waals surface area contributed by atoms with E-state index in [2.05, 4.69) is 10.3 Å². The Balaban J connectivity index is 2.07. The molecule has 9 heteroatoms. The maximum absolute atomic E-state index is 12.1. The van der Waals surface area contributed by atoms with E-state index in [4.69, 9.17) is 44.8 Å². The molecule has 2 aromatic rings. The highest BCUT2D eigenvalue weighted by atomic mass is 35.5. The van der Waals surface area contributed by atoms with Crippen molar-refractivity contribution >= 4 is 52.4 Å². The van der Waals surface area contributed by atoms with Crippen LogP contribution in [-0.4, -0.2) is 23.0 Å². The van der Waals surface area contributed by atoms with Crippen molar-refractivity contribution in [2.75, 3.05) is 5.32 Å². The van der Waals surface area contributed by atoms with E-state index in [1.807, 2.05) is 6.07 Å². The van der Waals surface area contributed by atoms with E-state index in [0.29, 0.717) is 11.3 Å². The van der Waals surface area contributed by atoms with E-state index >= 15 is 0 Å². The lowest BCUT2D eigenvalue weighted by Gasteiger charge is -2.14. The van der Waals surface area contributed by atoms with Crippen LogP contribution in [0.3, 0.4) is 0 Å². The van der Waals surface area contributed by atoms with Crippen molar-refractivity contribution in [3.05, 3.63) is 56.8 Å². The van der Waals surface area contributed by atoms with Crippen LogP contribution in [0.2, 0.25) is 15.1 Å². The molecule has 1 N–H and O–H groups in total. The van der Waals surface area contributed by atoms with E-state index in [-0.39, 0.29) is 20.8 Å². The number of anilines is 1. The standard InChI is InChI=1S/C16H10Cl3N3O3/c1-8(15(23)22-10-4-2-3-9(5-10)6-20)25-16(24)14-13(19)12(18)11(17)7-21-14/h2-5,7-8H,1H3,(H,22,23)/t8-/m1/s1. The van der Waals surface area contributed by atoms with Crippen LogP contribution in [0.5, 0.6) is 0 Å². The molecule has 0 saturated heterocycles. The molecule has 1 amide bonds. The maximum Gasteiger partial charge on any atom is 0.359 e. The zero-order chi connectivity index (χ0) is 18.6. The van der Waals surface area contributed by atoms with Gasteiger partial charge in [0, 0.05) is 11.9 Å². The minimum atomic E-state index is -1.13. The summed E-state index contributed by atoms with van der Waals surface area (Å²) in [7, 11) is 0. The van der Waals surface area contributed by atoms with Gasteiger partial charge in [0.05, 0.1) is 26.7 Å². The Morgan fingerprint density at radius 3 is 2.68 bits per heavy atom. The number of carbonyl (C=O) groups is 2. The molecule has 128 valence electrons. The van der Waals surface area contributed by atoms with Gasteiger partial charge in [0.2, 0.25) is 0 Å². The summed E-state index contributed by atoms with van der Waals surface area (Å²) in [5.41, 5.74) is 0.536. The van der Waals surface area contributed by atoms with Gasteiger partial charge in [-0.1, -0.05) is 40.9 Å². The average Bonchev–Trinajstić information content (AvgIpc) is 2.59. The van der Waals surface area contributed by atoms with E-state index < -0.39 is 18.0 Å². The van der Waals surface area contributed by atoms with Gasteiger partial charge in [0.1, 0.15) is 0 Å². The number of hydrogen-bond acceptors (Lipinski definition) is 5. The zero-order valence-corrected chi connectivity index (χ0v) is 15.0. The van der Waals surface area contributed by atoms with Crippen LogP contribution >= 0.6 is 34.8 Å². The normalized spacial score (nSPS) is 11.3. The second-order valence-corrected chi connectivity index (χ2v) is 5.98. The topological polar surface area (TPSA) is 92.1 Å². The quantitative estimate of drug-likeness (QED) is 0.783. The first-order valence-corrected chi connectivity index (χ1v) is 7.98. The Morgan fingerprint density at radius 1 is 1.28 bits per heavy atom. The largest absolute Gasteiger partial charge is 0.448 e. The van der Waals surface area contributed by atoms with Crippen molar-refractivity contribution in [1.82, 2.24) is 4.98 Å². The smallest absolute Gasteiger partial charge is 0.359 e. The van der Waals surface area contributed by atoms with Crippen LogP contribution in [0.4, 0.5) is 5.69 Å². The lowest BCUT2D eigenvalue weighted by molar-refractivity contribution is -0.123. The molecule has 0 radical (unpaired) electrons. The Hall–Kier alpha value is -2.33. The molecular weight excluding hydrogens is 389 g/mol. The molecule has 1 atom stereocenters. The monoisotopic (exact) mass is 397 g/mol. The molecule has 6 nitrogen and oxygen atoms in total. The number of rotatable bonds is 4. The van der Waals surface area contributed by atoms with Gasteiger partial charge in [-0.2, -0.15) is 5.26 Å². The third-order valence-corrected chi connectivity index (χ3v) is 4.26. The lowest BCUT2D eigenvalue weighted by Crippen LogP contribution is -2.30. The van der Waals surface area contributed by atoms with Gasteiger partial charge in [0.15, 0.2) is 11.8 Å². The Bertz CT molecular complexity index is 881. The number of esters is 1. The van der Waals surface area contributed by atoms with Crippen LogP contribution < -0.4 is 5.32 Å². The molecule has 0 aliphatic heterocycles. The van der Waals surface area contributed by atoms with Crippen molar-refractivity contribution in [2.24, 2.45) is 0 Å². The number of carbonyl (C=O) groups excluding carboxylic acids is 2. The van der Waals surface area contributed by atoms with Gasteiger partial charge in [-0.3, -0.25) is 4.79 Å². The number of ether oxygens (including phenoxy) is 1. The first-order valence-electron chi connectivity index (χ1n) is 6.85. The predicted octanol–water partition coefficient (Wildman–Crippen LogP) is 4.10. The number of benzene rings is 1. The van der Waals surface area contributed by atoms with Crippen molar-refractivity contribution in [3.8, 4) is 6.07 Å². The SMILES string of the molecule is C[C@@H](OC(=O)c1ncc(Cl)c(Cl)c1Cl)C(=O)Nc1cccc(C#N)c1. The van der Waals surface area contributed by atoms with Crippen LogP contribution in [0.1, 0.15) is 23.0 Å². The number of nitrogens with zero attached hydrogens (tertiary/aromatic N) is 2. The summed E-state index contributed by atoms with van der Waals surface area (Å²) in [6.45, 7) is 1.38. The van der Waals surface area contributed by atoms with Crippen LogP contribution in [-0.2, 0) is 9.53 Å². The lowest BCUT2D eigenvalue weighted by atomic mass is 10.2. The van der Waals surface area contributed by atoms with Gasteiger partial charge in [0.25, 0.3) is 5.91 Å². The summed E-state index contributed by atoms with van der Waals surface area (Å²) >= 11 is 17.5. The fourth-order valence-electron chi connectivity index (χ4n) is 1.77. The van der Waals surface area contributed by atoms with E-state index in [0.717, 1.165) is 6.20 Å². The van der Waals surface area contributed by atoms with E-state index in [1.165, 1.54) is 13.0 Å². The third-order valence-electron chi connectivity index (χ3n) is 3.02. The van der Waals surface area contributed by atoms with Gasteiger partial charge in [-0.05, 0) is 25.1 Å². The Labute approximate surface area is 158 Å². The second-order valence-electron chi connectivity index (χ2n) is 4.81. The van der Waals surface area contributed by atoms with Crippen molar-refractivity contribution < 1.29 is 14.3 Å². The second kappa shape index (κ2) is 8.17. The summed E-state index contributed by atoms with van der Waals surface area (Å²) in [6, 6.07) is 8.26. The fourth-order valence-corrected chi connectivity index (χ4v) is 2.32. The van der Waals surface area contributed by atoms with Crippen molar-refractivity contribution in [2.45, 2.75) is 13.0 Å². The summed E-state index contributed by atoms with van der Waals surface area (Å²) in [4.78, 5) is 28.0. The van der Waals surface area contributed by atoms with Gasteiger partial charge in [-0.25, -0.2) is 9.78 Å². The van der Waals surface area contributed by atoms with Crippen molar-refractivity contribution in [1.29, 1.82) is 5.26 Å². The number of hydrogen-bond donors (Lipinski definition) is 1. The fraction of sp³-hybridized carbons (Fsp3) is 0.125. The molecule has 1 aromatic heterocycles. The molecule has 0 aliphatic carbocycles. The number of nitriles is 1. The zero-order valence-electron chi connectivity index (χ0n) is 12.7. The van der Waals surface area contributed by atoms with Gasteiger partial charge in [-0.15, -0.1) is 0 Å². The van der Waals surface area contributed by atoms with Crippen LogP contribution in [0.15, 0.2) is 30.5 Å². The molecule has 0 spiro atoms. The number of amides is 1. The summed E-state index contributed by atoms with van der Waals surface area (Å²) < 4.78 is 5.04. The molecule has 0 fully saturated rings. The van der Waals surface area contributed by atoms with Gasteiger partial charge >= 0.3 is 5.97 Å². The minimum Gasteiger partial charge on any atom is -0.448 e. The number of halogens is 3. The summed E-state index contributed by atoms with van der Waals surface area (Å²) in [5.74, 6) is -1.50. The Kier molecular flexibility index (Phi) is 6.21. The minimum absolute atomic E-state index is 0.0318. The molecular formula is C16H10Cl3N3O3. The molecule has 25 heavy (non-hydrogen) atoms. The molecule has 2 rings (SSSR count). The van der Waals surface area contributed by atoms with Crippen LogP contribution in [0.25, 0.3) is 0 Å². The molecule has 1 aromatic carbocycles. The van der Waals surface area contributed by atoms with E-state index in [1.54, 1.807) is 18.2 Å².